The SMILES string of the molecule is COCCNc1ccc(C(=O)OCC(=O)NC(=O)NC(C)(C)C)cc1[N+](=O)[O-]. The van der Waals surface area contributed by atoms with E-state index in [4.69, 9.17) is 9.47 Å². The van der Waals surface area contributed by atoms with E-state index in [1.165, 1.54) is 19.2 Å². The van der Waals surface area contributed by atoms with Gasteiger partial charge in [0.05, 0.1) is 17.1 Å². The number of anilines is 1. The quantitative estimate of drug-likeness (QED) is 0.259. The van der Waals surface area contributed by atoms with Crippen LogP contribution < -0.4 is 16.0 Å². The number of nitro benzene ring substituents is 1. The van der Waals surface area contributed by atoms with E-state index in [0.29, 0.717) is 13.2 Å². The van der Waals surface area contributed by atoms with Crippen LogP contribution in [0.3, 0.4) is 0 Å². The summed E-state index contributed by atoms with van der Waals surface area (Å²) in [6.07, 6.45) is 0. The minimum absolute atomic E-state index is 0.101. The highest BCUT2D eigenvalue weighted by Gasteiger charge is 2.20. The number of esters is 1. The summed E-state index contributed by atoms with van der Waals surface area (Å²) in [5.74, 6) is -1.76. The van der Waals surface area contributed by atoms with Crippen molar-refractivity contribution in [2.45, 2.75) is 26.3 Å². The topological polar surface area (TPSA) is 149 Å². The largest absolute Gasteiger partial charge is 0.452 e. The summed E-state index contributed by atoms with van der Waals surface area (Å²) < 4.78 is 9.66. The van der Waals surface area contributed by atoms with Crippen LogP contribution in [-0.4, -0.2) is 55.2 Å². The molecule has 0 saturated carbocycles. The van der Waals surface area contributed by atoms with Crippen LogP contribution in [0.4, 0.5) is 16.2 Å². The van der Waals surface area contributed by atoms with E-state index in [0.717, 1.165) is 6.07 Å². The number of nitrogens with zero attached hydrogens (tertiary/aromatic N) is 1. The summed E-state index contributed by atoms with van der Waals surface area (Å²) in [5.41, 5.74) is -0.746. The van der Waals surface area contributed by atoms with Gasteiger partial charge in [-0.3, -0.25) is 20.2 Å². The van der Waals surface area contributed by atoms with Gasteiger partial charge in [-0.2, -0.15) is 0 Å². The molecule has 0 atom stereocenters. The fourth-order valence-corrected chi connectivity index (χ4v) is 2.00. The van der Waals surface area contributed by atoms with Gasteiger partial charge in [0.15, 0.2) is 6.61 Å². The summed E-state index contributed by atoms with van der Waals surface area (Å²) in [4.78, 5) is 45.9. The second-order valence-electron chi connectivity index (χ2n) is 6.74. The van der Waals surface area contributed by atoms with Crippen molar-refractivity contribution in [1.29, 1.82) is 0 Å². The van der Waals surface area contributed by atoms with Crippen LogP contribution in [0.2, 0.25) is 0 Å². The van der Waals surface area contributed by atoms with Crippen LogP contribution in [0.25, 0.3) is 0 Å². The van der Waals surface area contributed by atoms with Crippen LogP contribution in [0.1, 0.15) is 31.1 Å². The van der Waals surface area contributed by atoms with Gasteiger partial charge in [-0.15, -0.1) is 0 Å². The first-order valence-electron chi connectivity index (χ1n) is 8.34. The number of carbonyl (C=O) groups excluding carboxylic acids is 3. The standard InChI is InChI=1S/C17H24N4O7/c1-17(2,3)20-16(24)19-14(22)10-28-15(23)11-5-6-12(18-7-8-27-4)13(9-11)21(25)26/h5-6,9,18H,7-8,10H2,1-4H3,(H2,19,20,22,24). The van der Waals surface area contributed by atoms with Gasteiger partial charge in [-0.05, 0) is 32.9 Å². The molecule has 154 valence electrons. The molecule has 1 rings (SSSR count). The number of rotatable bonds is 8. The zero-order valence-electron chi connectivity index (χ0n) is 16.2. The van der Waals surface area contributed by atoms with Crippen molar-refractivity contribution in [1.82, 2.24) is 10.6 Å². The molecule has 1 aromatic carbocycles. The van der Waals surface area contributed by atoms with E-state index in [-0.39, 0.29) is 16.9 Å². The van der Waals surface area contributed by atoms with Crippen molar-refractivity contribution >= 4 is 29.3 Å². The van der Waals surface area contributed by atoms with Gasteiger partial charge >= 0.3 is 12.0 Å². The number of methoxy groups -OCH3 is 1. The average molecular weight is 396 g/mol. The molecule has 0 fully saturated rings. The zero-order valence-corrected chi connectivity index (χ0v) is 16.2. The lowest BCUT2D eigenvalue weighted by Gasteiger charge is -2.20. The minimum atomic E-state index is -0.932. The van der Waals surface area contributed by atoms with Crippen molar-refractivity contribution in [2.24, 2.45) is 0 Å². The second-order valence-corrected chi connectivity index (χ2v) is 6.74. The number of nitrogens with one attached hydrogen (secondary N) is 3. The van der Waals surface area contributed by atoms with Crippen molar-refractivity contribution < 1.29 is 28.8 Å². The Hall–Kier alpha value is -3.21. The average Bonchev–Trinajstić information content (AvgIpc) is 2.58. The molecule has 11 heteroatoms. The molecule has 3 N–H and O–H groups in total. The van der Waals surface area contributed by atoms with Crippen molar-refractivity contribution in [3.8, 4) is 0 Å². The minimum Gasteiger partial charge on any atom is -0.452 e. The van der Waals surface area contributed by atoms with E-state index >= 15 is 0 Å². The number of benzene rings is 1. The Morgan fingerprint density at radius 2 is 1.89 bits per heavy atom. The third-order valence-corrected chi connectivity index (χ3v) is 3.13. The molecule has 3 amide bonds. The summed E-state index contributed by atoms with van der Waals surface area (Å²) in [6, 6.07) is 3.01. The molecule has 0 spiro atoms. The third-order valence-electron chi connectivity index (χ3n) is 3.13. The molecular weight excluding hydrogens is 372 g/mol. The van der Waals surface area contributed by atoms with E-state index < -0.39 is 35.0 Å². The summed E-state index contributed by atoms with van der Waals surface area (Å²) in [7, 11) is 1.50. The lowest BCUT2D eigenvalue weighted by atomic mass is 10.1. The molecule has 0 heterocycles. The first-order chi connectivity index (χ1) is 13.0. The van der Waals surface area contributed by atoms with Gasteiger partial charge in [0.2, 0.25) is 0 Å². The molecule has 0 bridgehead atoms. The number of urea groups is 1. The van der Waals surface area contributed by atoms with Crippen LogP contribution in [0.5, 0.6) is 0 Å². The van der Waals surface area contributed by atoms with Crippen molar-refractivity contribution in [3.05, 3.63) is 33.9 Å². The lowest BCUT2D eigenvalue weighted by Crippen LogP contribution is -2.49. The van der Waals surface area contributed by atoms with Crippen LogP contribution >= 0.6 is 0 Å². The fourth-order valence-electron chi connectivity index (χ4n) is 2.00. The Labute approximate surface area is 161 Å². The molecule has 0 aliphatic carbocycles. The summed E-state index contributed by atoms with van der Waals surface area (Å²) >= 11 is 0. The van der Waals surface area contributed by atoms with E-state index in [1.807, 2.05) is 5.32 Å². The second kappa shape index (κ2) is 10.2. The number of ether oxygens (including phenoxy) is 2. The van der Waals surface area contributed by atoms with Gasteiger partial charge in [0.1, 0.15) is 5.69 Å². The summed E-state index contributed by atoms with van der Waals surface area (Å²) in [5, 5.41) is 18.6. The maximum atomic E-state index is 12.0. The highest BCUT2D eigenvalue weighted by Crippen LogP contribution is 2.25. The van der Waals surface area contributed by atoms with Gasteiger partial charge < -0.3 is 20.1 Å². The first-order valence-corrected chi connectivity index (χ1v) is 8.34. The monoisotopic (exact) mass is 396 g/mol. The molecule has 0 radical (unpaired) electrons. The number of imide groups is 1. The normalized spacial score (nSPS) is 10.7. The highest BCUT2D eigenvalue weighted by molar-refractivity contribution is 5.97. The predicted octanol–water partition coefficient (Wildman–Crippen LogP) is 1.43. The smallest absolute Gasteiger partial charge is 0.338 e. The lowest BCUT2D eigenvalue weighted by molar-refractivity contribution is -0.384. The maximum absolute atomic E-state index is 12.0. The van der Waals surface area contributed by atoms with Crippen molar-refractivity contribution in [3.63, 3.8) is 0 Å². The van der Waals surface area contributed by atoms with Crippen molar-refractivity contribution in [2.75, 3.05) is 32.2 Å². The third kappa shape index (κ3) is 7.99. The summed E-state index contributed by atoms with van der Waals surface area (Å²) in [6.45, 7) is 5.18. The van der Waals surface area contributed by atoms with Crippen LogP contribution in [0.15, 0.2) is 18.2 Å². The number of nitro groups is 1. The predicted molar refractivity (Wildman–Crippen MR) is 100 cm³/mol. The van der Waals surface area contributed by atoms with E-state index in [9.17, 15) is 24.5 Å². The molecule has 0 saturated heterocycles. The molecule has 0 aliphatic heterocycles. The number of amides is 3. The van der Waals surface area contributed by atoms with Gasteiger partial charge in [0, 0.05) is 25.3 Å². The molecule has 11 nitrogen and oxygen atoms in total. The Kier molecular flexibility index (Phi) is 8.32. The van der Waals surface area contributed by atoms with Gasteiger partial charge in [-0.25, -0.2) is 9.59 Å². The number of carbonyl (C=O) groups is 3. The van der Waals surface area contributed by atoms with Gasteiger partial charge in [-0.1, -0.05) is 0 Å². The van der Waals surface area contributed by atoms with E-state index in [2.05, 4.69) is 10.6 Å². The van der Waals surface area contributed by atoms with Crippen LogP contribution in [0, 0.1) is 10.1 Å². The van der Waals surface area contributed by atoms with E-state index in [1.54, 1.807) is 20.8 Å². The Morgan fingerprint density at radius 3 is 2.46 bits per heavy atom. The molecular formula is C17H24N4O7. The Bertz CT molecular complexity index is 744. The fraction of sp³-hybridized carbons (Fsp3) is 0.471. The van der Waals surface area contributed by atoms with Gasteiger partial charge in [0.25, 0.3) is 11.6 Å². The molecule has 1 aromatic rings. The van der Waals surface area contributed by atoms with Crippen LogP contribution in [-0.2, 0) is 14.3 Å². The Balaban J connectivity index is 2.68. The first kappa shape index (κ1) is 22.8. The molecule has 0 aliphatic rings. The zero-order chi connectivity index (χ0) is 21.3. The highest BCUT2D eigenvalue weighted by atomic mass is 16.6. The number of hydrogen-bond acceptors (Lipinski definition) is 8. The molecule has 0 aromatic heterocycles. The maximum Gasteiger partial charge on any atom is 0.338 e. The molecule has 28 heavy (non-hydrogen) atoms. The number of hydrogen-bond donors (Lipinski definition) is 3. The Morgan fingerprint density at radius 1 is 1.21 bits per heavy atom. The molecule has 0 unspecified atom stereocenters.